The zero-order chi connectivity index (χ0) is 17.3. The summed E-state index contributed by atoms with van der Waals surface area (Å²) in [6.07, 6.45) is 0. The van der Waals surface area contributed by atoms with Crippen LogP contribution >= 0.6 is 8.15 Å². The Morgan fingerprint density at radius 2 is 0.808 bits per heavy atom. The fraction of sp³-hybridized carbons (Fsp3) is 0. The molecule has 0 radical (unpaired) electrons. The molecule has 1 nitrogen and oxygen atoms in total. The van der Waals surface area contributed by atoms with Crippen molar-refractivity contribution >= 4 is 18.8 Å². The van der Waals surface area contributed by atoms with Crippen LogP contribution in [0.2, 0.25) is 0 Å². The number of hydrogen-bond acceptors (Lipinski definition) is 1. The van der Waals surface area contributed by atoms with Gasteiger partial charge in [0.2, 0.25) is 0 Å². The molecule has 6 rings (SSSR count). The van der Waals surface area contributed by atoms with Crippen LogP contribution in [-0.2, 0) is 0 Å². The topological polar surface area (TPSA) is 20.2 Å². The Hall–Kier alpha value is -2.73. The molecule has 0 fully saturated rings. The lowest BCUT2D eigenvalue weighted by Gasteiger charge is -2.31. The molecule has 0 aliphatic heterocycles. The molecule has 0 aromatic heterocycles. The van der Waals surface area contributed by atoms with Crippen LogP contribution in [-0.4, -0.2) is 4.89 Å². The van der Waals surface area contributed by atoms with E-state index in [0.29, 0.717) is 0 Å². The van der Waals surface area contributed by atoms with Gasteiger partial charge in [0.1, 0.15) is 0 Å². The highest BCUT2D eigenvalue weighted by Crippen LogP contribution is 2.52. The van der Waals surface area contributed by atoms with Crippen LogP contribution in [0, 0.1) is 0 Å². The lowest BCUT2D eigenvalue weighted by molar-refractivity contribution is 0.645. The van der Waals surface area contributed by atoms with E-state index in [1.165, 1.54) is 44.5 Å². The van der Waals surface area contributed by atoms with Crippen molar-refractivity contribution in [2.75, 3.05) is 0 Å². The van der Waals surface area contributed by atoms with Crippen molar-refractivity contribution in [3.8, 4) is 44.5 Å². The molecule has 0 saturated carbocycles. The van der Waals surface area contributed by atoms with E-state index in [1.54, 1.807) is 0 Å². The SMILES string of the molecule is OP(c1cccc2c1-c1ccccc1-2)c1cccc2c1-c1ccccc1-2. The minimum atomic E-state index is -1.39. The lowest BCUT2D eigenvalue weighted by Crippen LogP contribution is -2.21. The van der Waals surface area contributed by atoms with Gasteiger partial charge >= 0.3 is 0 Å². The Balaban J connectivity index is 1.51. The number of fused-ring (bicyclic) bond motifs is 8. The molecule has 4 aromatic rings. The summed E-state index contributed by atoms with van der Waals surface area (Å²) in [5.74, 6) is 0. The van der Waals surface area contributed by atoms with Crippen molar-refractivity contribution in [3.05, 3.63) is 84.9 Å². The highest BCUT2D eigenvalue weighted by Gasteiger charge is 2.32. The second-order valence-electron chi connectivity index (χ2n) is 6.80. The second kappa shape index (κ2) is 5.14. The summed E-state index contributed by atoms with van der Waals surface area (Å²) in [6.45, 7) is 0. The third-order valence-corrected chi connectivity index (χ3v) is 7.17. The van der Waals surface area contributed by atoms with E-state index in [0.717, 1.165) is 10.6 Å². The molecule has 2 aliphatic rings. The number of hydrogen-bond donors (Lipinski definition) is 1. The van der Waals surface area contributed by atoms with Crippen molar-refractivity contribution in [3.63, 3.8) is 0 Å². The van der Waals surface area contributed by atoms with Gasteiger partial charge in [-0.15, -0.1) is 0 Å². The van der Waals surface area contributed by atoms with E-state index in [2.05, 4.69) is 84.9 Å². The molecule has 1 N–H and O–H groups in total. The van der Waals surface area contributed by atoms with E-state index in [-0.39, 0.29) is 0 Å². The standard InChI is InChI=1S/C24H15OP/c25-26(21-13-5-11-19-15-7-1-3-9-17(15)23(19)21)22-14-6-12-20-16-8-2-4-10-18(16)24(20)22/h1-14,25H. The summed E-state index contributed by atoms with van der Waals surface area (Å²) in [4.78, 5) is 11.4. The number of rotatable bonds is 2. The molecule has 2 heteroatoms. The van der Waals surface area contributed by atoms with E-state index in [1.807, 2.05) is 0 Å². The van der Waals surface area contributed by atoms with Gasteiger partial charge in [-0.3, -0.25) is 0 Å². The summed E-state index contributed by atoms with van der Waals surface area (Å²) >= 11 is 0. The molecule has 0 spiro atoms. The number of benzene rings is 4. The van der Waals surface area contributed by atoms with Crippen LogP contribution in [0.3, 0.4) is 0 Å². The zero-order valence-corrected chi connectivity index (χ0v) is 14.9. The summed E-state index contributed by atoms with van der Waals surface area (Å²) < 4.78 is 0. The fourth-order valence-electron chi connectivity index (χ4n) is 4.33. The molecule has 122 valence electrons. The highest BCUT2D eigenvalue weighted by molar-refractivity contribution is 7.68. The van der Waals surface area contributed by atoms with E-state index in [4.69, 9.17) is 0 Å². The van der Waals surface area contributed by atoms with Crippen molar-refractivity contribution < 1.29 is 4.89 Å². The summed E-state index contributed by atoms with van der Waals surface area (Å²) in [7, 11) is -1.39. The van der Waals surface area contributed by atoms with Gasteiger partial charge in [-0.2, -0.15) is 0 Å². The Morgan fingerprint density at radius 3 is 1.27 bits per heavy atom. The Kier molecular flexibility index (Phi) is 2.86. The predicted octanol–water partition coefficient (Wildman–Crippen LogP) is 5.32. The highest BCUT2D eigenvalue weighted by atomic mass is 31.1. The van der Waals surface area contributed by atoms with Gasteiger partial charge in [0.25, 0.3) is 0 Å². The second-order valence-corrected chi connectivity index (χ2v) is 8.39. The van der Waals surface area contributed by atoms with Gasteiger partial charge in [-0.25, -0.2) is 0 Å². The average Bonchev–Trinajstić information content (AvgIpc) is 2.68. The maximum atomic E-state index is 11.4. The Bertz CT molecular complexity index is 1110. The minimum absolute atomic E-state index is 1.06. The van der Waals surface area contributed by atoms with E-state index < -0.39 is 8.15 Å². The Labute approximate surface area is 153 Å². The van der Waals surface area contributed by atoms with Crippen molar-refractivity contribution in [1.29, 1.82) is 0 Å². The molecule has 0 heterocycles. The molecule has 0 saturated heterocycles. The van der Waals surface area contributed by atoms with Crippen molar-refractivity contribution in [1.82, 2.24) is 0 Å². The monoisotopic (exact) mass is 350 g/mol. The first-order valence-corrected chi connectivity index (χ1v) is 10.1. The molecular weight excluding hydrogens is 335 g/mol. The summed E-state index contributed by atoms with van der Waals surface area (Å²) in [5, 5.41) is 2.13. The van der Waals surface area contributed by atoms with Crippen LogP contribution in [0.4, 0.5) is 0 Å². The molecule has 4 aromatic carbocycles. The lowest BCUT2D eigenvalue weighted by atomic mass is 9.80. The average molecular weight is 350 g/mol. The van der Waals surface area contributed by atoms with Crippen molar-refractivity contribution in [2.24, 2.45) is 0 Å². The van der Waals surface area contributed by atoms with Gasteiger partial charge in [0.15, 0.2) is 0 Å². The maximum Gasteiger partial charge on any atom is 0.0890 e. The largest absolute Gasteiger partial charge is 0.364 e. The third kappa shape index (κ3) is 1.72. The first-order chi connectivity index (χ1) is 12.8. The molecule has 0 atom stereocenters. The van der Waals surface area contributed by atoms with Gasteiger partial charge in [-0.05, 0) is 33.4 Å². The molecule has 0 unspecified atom stereocenters. The Morgan fingerprint density at radius 1 is 0.423 bits per heavy atom. The normalized spacial score (nSPS) is 12.4. The summed E-state index contributed by atoms with van der Waals surface area (Å²) in [5.41, 5.74) is 10.1. The first-order valence-electron chi connectivity index (χ1n) is 8.79. The maximum absolute atomic E-state index is 11.4. The van der Waals surface area contributed by atoms with Crippen LogP contribution in [0.25, 0.3) is 44.5 Å². The third-order valence-electron chi connectivity index (χ3n) is 5.51. The van der Waals surface area contributed by atoms with Crippen LogP contribution in [0.15, 0.2) is 84.9 Å². The first kappa shape index (κ1) is 14.4. The minimum Gasteiger partial charge on any atom is -0.364 e. The molecule has 26 heavy (non-hydrogen) atoms. The van der Waals surface area contributed by atoms with Crippen LogP contribution in [0.5, 0.6) is 0 Å². The molecular formula is C24H15OP. The molecule has 0 bridgehead atoms. The van der Waals surface area contributed by atoms with Crippen molar-refractivity contribution in [2.45, 2.75) is 0 Å². The van der Waals surface area contributed by atoms with Gasteiger partial charge < -0.3 is 4.89 Å². The molecule has 2 aliphatic carbocycles. The van der Waals surface area contributed by atoms with Crippen LogP contribution < -0.4 is 10.6 Å². The van der Waals surface area contributed by atoms with E-state index >= 15 is 0 Å². The smallest absolute Gasteiger partial charge is 0.0890 e. The van der Waals surface area contributed by atoms with Gasteiger partial charge in [0.05, 0.1) is 8.15 Å². The van der Waals surface area contributed by atoms with Crippen LogP contribution in [0.1, 0.15) is 0 Å². The predicted molar refractivity (Wildman–Crippen MR) is 110 cm³/mol. The quantitative estimate of drug-likeness (QED) is 0.419. The summed E-state index contributed by atoms with van der Waals surface area (Å²) in [6, 6.07) is 29.6. The molecule has 0 amide bonds. The fourth-order valence-corrected chi connectivity index (χ4v) is 5.94. The van der Waals surface area contributed by atoms with Gasteiger partial charge in [0, 0.05) is 21.7 Å². The van der Waals surface area contributed by atoms with Gasteiger partial charge in [-0.1, -0.05) is 84.9 Å². The zero-order valence-electron chi connectivity index (χ0n) is 14.0. The van der Waals surface area contributed by atoms with E-state index in [9.17, 15) is 4.89 Å².